The quantitative estimate of drug-likeness (QED) is 0.707. The first kappa shape index (κ1) is 12.2. The predicted octanol–water partition coefficient (Wildman–Crippen LogP) is 4.55. The van der Waals surface area contributed by atoms with Crippen LogP contribution in [-0.2, 0) is 0 Å². The smallest absolute Gasteiger partial charge is 0.201 e. The van der Waals surface area contributed by atoms with Crippen molar-refractivity contribution < 1.29 is 9.18 Å². The van der Waals surface area contributed by atoms with Crippen LogP contribution in [0.3, 0.4) is 0 Å². The second-order valence-corrected chi connectivity index (χ2v) is 5.44. The Morgan fingerprint density at radius 1 is 1.05 bits per heavy atom. The molecule has 1 aliphatic heterocycles. The maximum absolute atomic E-state index is 12.9. The van der Waals surface area contributed by atoms with Gasteiger partial charge in [-0.05, 0) is 42.3 Å². The lowest BCUT2D eigenvalue weighted by Gasteiger charge is -2.04. The van der Waals surface area contributed by atoms with Gasteiger partial charge in [0.15, 0.2) is 0 Å². The van der Waals surface area contributed by atoms with Crippen LogP contribution in [0.15, 0.2) is 58.3 Å². The van der Waals surface area contributed by atoms with E-state index in [0.717, 1.165) is 26.5 Å². The van der Waals surface area contributed by atoms with Crippen LogP contribution in [0.25, 0.3) is 5.57 Å². The minimum atomic E-state index is -0.268. The van der Waals surface area contributed by atoms with Crippen molar-refractivity contribution in [2.24, 2.45) is 0 Å². The van der Waals surface area contributed by atoms with E-state index in [1.807, 2.05) is 31.2 Å². The van der Waals surface area contributed by atoms with Gasteiger partial charge in [0.1, 0.15) is 5.82 Å². The molecule has 2 aromatic rings. The van der Waals surface area contributed by atoms with Crippen molar-refractivity contribution in [1.29, 1.82) is 0 Å². The molecule has 0 amide bonds. The molecule has 1 heterocycles. The molecule has 0 aromatic heterocycles. The highest BCUT2D eigenvalue weighted by molar-refractivity contribution is 8.05. The highest BCUT2D eigenvalue weighted by atomic mass is 32.2. The van der Waals surface area contributed by atoms with E-state index in [1.54, 1.807) is 12.1 Å². The van der Waals surface area contributed by atoms with E-state index in [0.29, 0.717) is 0 Å². The van der Waals surface area contributed by atoms with E-state index in [2.05, 4.69) is 0 Å². The maximum atomic E-state index is 12.9. The number of Topliss-reactive ketones (excluding diaryl/α,β-unsaturated/α-hetero) is 1. The van der Waals surface area contributed by atoms with Gasteiger partial charge in [0.2, 0.25) is 5.78 Å². The Bertz CT molecular complexity index is 686. The summed E-state index contributed by atoms with van der Waals surface area (Å²) in [5.74, 6) is -0.210. The van der Waals surface area contributed by atoms with Gasteiger partial charge in [-0.2, -0.15) is 0 Å². The number of ketones is 1. The Labute approximate surface area is 115 Å². The molecule has 19 heavy (non-hydrogen) atoms. The fourth-order valence-electron chi connectivity index (χ4n) is 2.10. The van der Waals surface area contributed by atoms with Crippen LogP contribution in [0.2, 0.25) is 0 Å². The summed E-state index contributed by atoms with van der Waals surface area (Å²) < 4.78 is 12.9. The fourth-order valence-corrected chi connectivity index (χ4v) is 3.21. The van der Waals surface area contributed by atoms with Crippen molar-refractivity contribution in [3.05, 3.63) is 70.4 Å². The summed E-state index contributed by atoms with van der Waals surface area (Å²) in [5.41, 5.74) is 2.53. The summed E-state index contributed by atoms with van der Waals surface area (Å²) in [6.45, 7) is 1.90. The summed E-state index contributed by atoms with van der Waals surface area (Å²) in [7, 11) is 0. The molecule has 2 aromatic carbocycles. The number of hydrogen-bond acceptors (Lipinski definition) is 2. The zero-order valence-corrected chi connectivity index (χ0v) is 11.1. The second-order valence-electron chi connectivity index (χ2n) is 4.39. The Morgan fingerprint density at radius 2 is 1.74 bits per heavy atom. The largest absolute Gasteiger partial charge is 0.288 e. The Kier molecular flexibility index (Phi) is 2.99. The first-order valence-electron chi connectivity index (χ1n) is 5.95. The van der Waals surface area contributed by atoms with Crippen molar-refractivity contribution in [2.45, 2.75) is 11.8 Å². The van der Waals surface area contributed by atoms with Gasteiger partial charge in [0.05, 0.1) is 4.91 Å². The van der Waals surface area contributed by atoms with Gasteiger partial charge in [-0.1, -0.05) is 36.0 Å². The van der Waals surface area contributed by atoms with Crippen LogP contribution in [0.5, 0.6) is 0 Å². The van der Waals surface area contributed by atoms with Crippen LogP contribution in [-0.4, -0.2) is 5.78 Å². The first-order chi connectivity index (χ1) is 9.16. The molecule has 0 saturated heterocycles. The lowest BCUT2D eigenvalue weighted by atomic mass is 10.0. The normalized spacial score (nSPS) is 16.4. The van der Waals surface area contributed by atoms with Gasteiger partial charge in [-0.3, -0.25) is 4.79 Å². The molecule has 0 spiro atoms. The summed E-state index contributed by atoms with van der Waals surface area (Å²) in [6.07, 6.45) is 0. The highest BCUT2D eigenvalue weighted by Gasteiger charge is 2.27. The number of benzene rings is 2. The number of allylic oxidation sites excluding steroid dienone is 2. The summed E-state index contributed by atoms with van der Waals surface area (Å²) in [6, 6.07) is 13.8. The molecule has 0 saturated carbocycles. The number of rotatable bonds is 1. The molecule has 3 heteroatoms. The molecule has 0 radical (unpaired) electrons. The average molecular weight is 270 g/mol. The molecular weight excluding hydrogens is 259 g/mol. The van der Waals surface area contributed by atoms with Gasteiger partial charge in [-0.25, -0.2) is 4.39 Å². The summed E-state index contributed by atoms with van der Waals surface area (Å²) in [4.78, 5) is 14.0. The topological polar surface area (TPSA) is 17.1 Å². The number of carbonyl (C=O) groups is 1. The Balaban J connectivity index is 2.06. The Morgan fingerprint density at radius 3 is 2.42 bits per heavy atom. The minimum Gasteiger partial charge on any atom is -0.288 e. The maximum Gasteiger partial charge on any atom is 0.201 e. The van der Waals surface area contributed by atoms with Crippen LogP contribution in [0.1, 0.15) is 22.8 Å². The molecule has 1 aliphatic rings. The third-order valence-corrected chi connectivity index (χ3v) is 4.44. The van der Waals surface area contributed by atoms with Crippen LogP contribution in [0.4, 0.5) is 4.39 Å². The second kappa shape index (κ2) is 4.67. The predicted molar refractivity (Wildman–Crippen MR) is 75.6 cm³/mol. The van der Waals surface area contributed by atoms with Crippen molar-refractivity contribution in [2.75, 3.05) is 0 Å². The minimum absolute atomic E-state index is 0.0578. The number of halogens is 1. The van der Waals surface area contributed by atoms with E-state index in [-0.39, 0.29) is 11.6 Å². The van der Waals surface area contributed by atoms with Crippen molar-refractivity contribution in [1.82, 2.24) is 0 Å². The molecule has 94 valence electrons. The Hall–Kier alpha value is -1.87. The number of fused-ring (bicyclic) bond motifs is 1. The van der Waals surface area contributed by atoms with Gasteiger partial charge < -0.3 is 0 Å². The van der Waals surface area contributed by atoms with Crippen LogP contribution >= 0.6 is 11.8 Å². The molecule has 0 atom stereocenters. The van der Waals surface area contributed by atoms with Crippen molar-refractivity contribution >= 4 is 23.1 Å². The van der Waals surface area contributed by atoms with Crippen LogP contribution < -0.4 is 0 Å². The fraction of sp³-hybridized carbons (Fsp3) is 0.0625. The van der Waals surface area contributed by atoms with E-state index in [9.17, 15) is 9.18 Å². The van der Waals surface area contributed by atoms with E-state index in [4.69, 9.17) is 0 Å². The lowest BCUT2D eigenvalue weighted by molar-refractivity contribution is 0.104. The zero-order valence-electron chi connectivity index (χ0n) is 10.3. The number of carbonyl (C=O) groups excluding carboxylic acids is 1. The van der Waals surface area contributed by atoms with Crippen molar-refractivity contribution in [3.8, 4) is 0 Å². The van der Waals surface area contributed by atoms with Crippen molar-refractivity contribution in [3.63, 3.8) is 0 Å². The monoisotopic (exact) mass is 270 g/mol. The lowest BCUT2D eigenvalue weighted by Crippen LogP contribution is -1.96. The first-order valence-corrected chi connectivity index (χ1v) is 6.77. The third kappa shape index (κ3) is 2.10. The number of thioether (sulfide) groups is 1. The highest BCUT2D eigenvalue weighted by Crippen LogP contribution is 2.43. The molecular formula is C16H11FOS. The molecule has 3 rings (SSSR count). The van der Waals surface area contributed by atoms with Gasteiger partial charge >= 0.3 is 0 Å². The van der Waals surface area contributed by atoms with E-state index < -0.39 is 0 Å². The molecule has 0 unspecified atom stereocenters. The standard InChI is InChI=1S/C16H11FOS/c1-10(11-6-8-12(17)9-7-11)16-15(18)13-4-2-3-5-14(13)19-16/h2-9H,1H3/b16-10-. The molecule has 0 fully saturated rings. The average Bonchev–Trinajstić information content (AvgIpc) is 2.77. The number of hydrogen-bond donors (Lipinski definition) is 0. The SMILES string of the molecule is C/C(=C1/Sc2ccccc2C1=O)c1ccc(F)cc1. The summed E-state index contributed by atoms with van der Waals surface area (Å²) >= 11 is 1.49. The third-order valence-electron chi connectivity index (χ3n) is 3.17. The molecule has 1 nitrogen and oxygen atoms in total. The van der Waals surface area contributed by atoms with Gasteiger partial charge in [-0.15, -0.1) is 0 Å². The van der Waals surface area contributed by atoms with E-state index >= 15 is 0 Å². The van der Waals surface area contributed by atoms with Gasteiger partial charge in [0.25, 0.3) is 0 Å². The zero-order chi connectivity index (χ0) is 13.4. The van der Waals surface area contributed by atoms with Crippen LogP contribution in [0, 0.1) is 5.82 Å². The molecule has 0 bridgehead atoms. The summed E-state index contributed by atoms with van der Waals surface area (Å²) in [5, 5.41) is 0. The van der Waals surface area contributed by atoms with Gasteiger partial charge in [0, 0.05) is 10.5 Å². The molecule has 0 N–H and O–H groups in total. The molecule has 0 aliphatic carbocycles. The van der Waals surface area contributed by atoms with E-state index in [1.165, 1.54) is 23.9 Å².